The third-order valence-electron chi connectivity index (χ3n) is 2.77. The van der Waals surface area contributed by atoms with Crippen molar-refractivity contribution < 1.29 is 14.3 Å². The summed E-state index contributed by atoms with van der Waals surface area (Å²) in [6, 6.07) is -1.31. The molecule has 0 spiro atoms. The first-order valence-corrected chi connectivity index (χ1v) is 7.55. The minimum absolute atomic E-state index is 0.315. The van der Waals surface area contributed by atoms with Crippen molar-refractivity contribution in [2.24, 2.45) is 17.4 Å². The first kappa shape index (κ1) is 19.9. The number of esters is 1. The van der Waals surface area contributed by atoms with Crippen molar-refractivity contribution in [3.8, 4) is 0 Å². The van der Waals surface area contributed by atoms with E-state index in [4.69, 9.17) is 16.2 Å². The lowest BCUT2D eigenvalue weighted by Crippen LogP contribution is -2.50. The highest BCUT2D eigenvalue weighted by atomic mass is 16.6. The Hall–Kier alpha value is -1.14. The molecule has 6 heteroatoms. The third kappa shape index (κ3) is 9.42. The van der Waals surface area contributed by atoms with Gasteiger partial charge >= 0.3 is 5.97 Å². The van der Waals surface area contributed by atoms with E-state index in [1.165, 1.54) is 0 Å². The van der Waals surface area contributed by atoms with Crippen molar-refractivity contribution in [2.45, 2.75) is 71.6 Å². The average molecular weight is 301 g/mol. The molecule has 0 rings (SSSR count). The molecule has 1 amide bonds. The molecule has 0 saturated heterocycles. The van der Waals surface area contributed by atoms with Crippen molar-refractivity contribution in [3.05, 3.63) is 0 Å². The maximum atomic E-state index is 12.1. The van der Waals surface area contributed by atoms with Gasteiger partial charge in [-0.05, 0) is 52.5 Å². The first-order chi connectivity index (χ1) is 9.56. The monoisotopic (exact) mass is 301 g/mol. The summed E-state index contributed by atoms with van der Waals surface area (Å²) in [7, 11) is 0. The lowest BCUT2D eigenvalue weighted by molar-refractivity contribution is -0.159. The lowest BCUT2D eigenvalue weighted by atomic mass is 10.0. The number of rotatable bonds is 8. The van der Waals surface area contributed by atoms with E-state index in [-0.39, 0.29) is 5.91 Å². The van der Waals surface area contributed by atoms with E-state index >= 15 is 0 Å². The van der Waals surface area contributed by atoms with Crippen LogP contribution in [-0.4, -0.2) is 36.1 Å². The molecule has 0 saturated carbocycles. The first-order valence-electron chi connectivity index (χ1n) is 7.55. The smallest absolute Gasteiger partial charge is 0.329 e. The summed E-state index contributed by atoms with van der Waals surface area (Å²) in [6.45, 7) is 9.80. The second kappa shape index (κ2) is 9.00. The van der Waals surface area contributed by atoms with Crippen molar-refractivity contribution in [2.75, 3.05) is 6.54 Å². The zero-order valence-electron chi connectivity index (χ0n) is 13.9. The molecule has 1 unspecified atom stereocenters. The molecule has 0 heterocycles. The van der Waals surface area contributed by atoms with Gasteiger partial charge in [0.15, 0.2) is 0 Å². The van der Waals surface area contributed by atoms with Crippen molar-refractivity contribution in [1.29, 1.82) is 0 Å². The van der Waals surface area contributed by atoms with Crippen LogP contribution in [0.1, 0.15) is 53.9 Å². The Balaban J connectivity index is 4.68. The summed E-state index contributed by atoms with van der Waals surface area (Å²) in [5, 5.41) is 2.69. The van der Waals surface area contributed by atoms with Gasteiger partial charge in [0.2, 0.25) is 5.91 Å². The number of amides is 1. The van der Waals surface area contributed by atoms with Gasteiger partial charge in [-0.3, -0.25) is 4.79 Å². The average Bonchev–Trinajstić information content (AvgIpc) is 2.30. The van der Waals surface area contributed by atoms with Gasteiger partial charge in [0.25, 0.3) is 0 Å². The van der Waals surface area contributed by atoms with Gasteiger partial charge < -0.3 is 21.5 Å². The van der Waals surface area contributed by atoms with Gasteiger partial charge in [0, 0.05) is 0 Å². The van der Waals surface area contributed by atoms with Gasteiger partial charge in [-0.15, -0.1) is 0 Å². The van der Waals surface area contributed by atoms with Crippen molar-refractivity contribution >= 4 is 11.9 Å². The zero-order chi connectivity index (χ0) is 16.6. The van der Waals surface area contributed by atoms with Crippen LogP contribution < -0.4 is 16.8 Å². The van der Waals surface area contributed by atoms with Crippen LogP contribution in [0.15, 0.2) is 0 Å². The maximum absolute atomic E-state index is 12.1. The molecule has 0 fully saturated rings. The fourth-order valence-electron chi connectivity index (χ4n) is 1.84. The molecule has 0 aromatic carbocycles. The van der Waals surface area contributed by atoms with E-state index in [1.807, 2.05) is 13.8 Å². The Morgan fingerprint density at radius 3 is 2.24 bits per heavy atom. The van der Waals surface area contributed by atoms with E-state index in [0.717, 1.165) is 0 Å². The fraction of sp³-hybridized carbons (Fsp3) is 0.867. The van der Waals surface area contributed by atoms with E-state index in [2.05, 4.69) is 5.32 Å². The molecular formula is C15H31N3O3. The summed E-state index contributed by atoms with van der Waals surface area (Å²) in [5.41, 5.74) is 10.7. The molecule has 5 N–H and O–H groups in total. The van der Waals surface area contributed by atoms with Crippen LogP contribution >= 0.6 is 0 Å². The third-order valence-corrected chi connectivity index (χ3v) is 2.77. The highest BCUT2D eigenvalue weighted by Crippen LogP contribution is 2.11. The topological polar surface area (TPSA) is 107 Å². The Morgan fingerprint density at radius 1 is 1.24 bits per heavy atom. The number of hydrogen-bond donors (Lipinski definition) is 3. The molecule has 0 bridgehead atoms. The number of nitrogens with one attached hydrogen (secondary N) is 1. The largest absolute Gasteiger partial charge is 0.458 e. The second-order valence-corrected chi connectivity index (χ2v) is 6.76. The Bertz CT molecular complexity index is 338. The number of carbonyl (C=O) groups is 2. The molecule has 0 aliphatic heterocycles. The van der Waals surface area contributed by atoms with Gasteiger partial charge in [-0.25, -0.2) is 4.79 Å². The lowest BCUT2D eigenvalue weighted by Gasteiger charge is -2.25. The van der Waals surface area contributed by atoms with E-state index in [1.54, 1.807) is 20.8 Å². The Labute approximate surface area is 128 Å². The van der Waals surface area contributed by atoms with Crippen LogP contribution in [-0.2, 0) is 14.3 Å². The summed E-state index contributed by atoms with van der Waals surface area (Å²) >= 11 is 0. The van der Waals surface area contributed by atoms with Crippen LogP contribution in [0, 0.1) is 5.92 Å². The van der Waals surface area contributed by atoms with Gasteiger partial charge in [-0.1, -0.05) is 13.8 Å². The van der Waals surface area contributed by atoms with Crippen molar-refractivity contribution in [3.63, 3.8) is 0 Å². The number of carbonyl (C=O) groups excluding carboxylic acids is 2. The predicted octanol–water partition coefficient (Wildman–Crippen LogP) is 0.925. The number of nitrogens with two attached hydrogens (primary N) is 2. The molecular weight excluding hydrogens is 270 g/mol. The minimum atomic E-state index is -0.696. The zero-order valence-corrected chi connectivity index (χ0v) is 13.9. The number of ether oxygens (including phenoxy) is 1. The van der Waals surface area contributed by atoms with E-state index in [9.17, 15) is 9.59 Å². The molecule has 0 aromatic rings. The molecule has 0 aliphatic rings. The van der Waals surface area contributed by atoms with Gasteiger partial charge in [0.05, 0.1) is 6.04 Å². The fourth-order valence-corrected chi connectivity index (χ4v) is 1.84. The van der Waals surface area contributed by atoms with E-state index < -0.39 is 23.7 Å². The summed E-state index contributed by atoms with van der Waals surface area (Å²) in [6.07, 6.45) is 1.65. The summed E-state index contributed by atoms with van der Waals surface area (Å²) in [5.74, 6) is -0.451. The van der Waals surface area contributed by atoms with Crippen LogP contribution in [0.25, 0.3) is 0 Å². The standard InChI is InChI=1S/C15H31N3O3/c1-10(2)9-11(17)13(19)18-12(7-6-8-16)14(20)21-15(3,4)5/h10-12H,6-9,16-17H2,1-5H3,(H,18,19)/t11-,12?/m0/s1. The van der Waals surface area contributed by atoms with Crippen LogP contribution in [0.3, 0.4) is 0 Å². The van der Waals surface area contributed by atoms with Gasteiger partial charge in [-0.2, -0.15) is 0 Å². The van der Waals surface area contributed by atoms with Crippen LogP contribution in [0.5, 0.6) is 0 Å². The molecule has 0 aromatic heterocycles. The quantitative estimate of drug-likeness (QED) is 0.578. The highest BCUT2D eigenvalue weighted by Gasteiger charge is 2.27. The molecule has 6 nitrogen and oxygen atoms in total. The maximum Gasteiger partial charge on any atom is 0.329 e. The molecule has 0 radical (unpaired) electrons. The summed E-state index contributed by atoms with van der Waals surface area (Å²) in [4.78, 5) is 24.2. The molecule has 124 valence electrons. The second-order valence-electron chi connectivity index (χ2n) is 6.76. The minimum Gasteiger partial charge on any atom is -0.458 e. The predicted molar refractivity (Wildman–Crippen MR) is 83.5 cm³/mol. The molecule has 0 aliphatic carbocycles. The van der Waals surface area contributed by atoms with Crippen molar-refractivity contribution in [1.82, 2.24) is 5.32 Å². The molecule has 21 heavy (non-hydrogen) atoms. The normalized spacial score (nSPS) is 14.7. The SMILES string of the molecule is CC(C)C[C@H](N)C(=O)NC(CCCN)C(=O)OC(C)(C)C. The summed E-state index contributed by atoms with van der Waals surface area (Å²) < 4.78 is 5.32. The van der Waals surface area contributed by atoms with E-state index in [0.29, 0.717) is 31.7 Å². The van der Waals surface area contributed by atoms with Crippen LogP contribution in [0.4, 0.5) is 0 Å². The van der Waals surface area contributed by atoms with Gasteiger partial charge in [0.1, 0.15) is 11.6 Å². The Morgan fingerprint density at radius 2 is 1.81 bits per heavy atom. The number of hydrogen-bond acceptors (Lipinski definition) is 5. The van der Waals surface area contributed by atoms with Crippen LogP contribution in [0.2, 0.25) is 0 Å². The Kier molecular flexibility index (Phi) is 8.51. The molecule has 2 atom stereocenters. The highest BCUT2D eigenvalue weighted by molar-refractivity contribution is 5.87.